The molecular formula is C25H32N6O3S. The van der Waals surface area contributed by atoms with Crippen LogP contribution in [0, 0.1) is 0 Å². The van der Waals surface area contributed by atoms with Gasteiger partial charge >= 0.3 is 0 Å². The first kappa shape index (κ1) is 25.0. The van der Waals surface area contributed by atoms with Crippen molar-refractivity contribution in [1.29, 1.82) is 0 Å². The van der Waals surface area contributed by atoms with E-state index in [1.165, 1.54) is 18.0 Å². The summed E-state index contributed by atoms with van der Waals surface area (Å²) in [6.07, 6.45) is 2.40. The minimum absolute atomic E-state index is 0.0376. The maximum atomic E-state index is 13.0. The van der Waals surface area contributed by atoms with Gasteiger partial charge in [0, 0.05) is 26.2 Å². The van der Waals surface area contributed by atoms with Gasteiger partial charge in [0.2, 0.25) is 5.91 Å². The minimum atomic E-state index is -0.135. The number of aromatic nitrogens is 3. The van der Waals surface area contributed by atoms with Gasteiger partial charge in [-0.15, -0.1) is 10.2 Å². The molecule has 0 radical (unpaired) electrons. The third-order valence-corrected chi connectivity index (χ3v) is 7.16. The van der Waals surface area contributed by atoms with E-state index < -0.39 is 0 Å². The molecule has 1 aliphatic heterocycles. The molecule has 1 aromatic carbocycles. The van der Waals surface area contributed by atoms with Crippen molar-refractivity contribution >= 4 is 23.6 Å². The molecule has 1 unspecified atom stereocenters. The zero-order valence-corrected chi connectivity index (χ0v) is 21.3. The van der Waals surface area contributed by atoms with Crippen molar-refractivity contribution in [2.75, 3.05) is 46.0 Å². The number of amides is 2. The lowest BCUT2D eigenvalue weighted by Gasteiger charge is -2.34. The summed E-state index contributed by atoms with van der Waals surface area (Å²) in [5.74, 6) is 1.41. The molecule has 2 aromatic heterocycles. The Labute approximate surface area is 210 Å². The standard InChI is InChI=1S/C25H32N6O3S/c1-4-20(28(2)3)23-26-27-25(31(23)17-19-9-6-5-7-10-19)35-18-22(32)29-12-14-30(15-13-29)24(33)21-11-8-16-34-21/h5-11,16,20H,4,12-15,17-18H2,1-3H3. The molecule has 0 aliphatic carbocycles. The maximum absolute atomic E-state index is 13.0. The molecule has 1 aliphatic rings. The maximum Gasteiger partial charge on any atom is 0.289 e. The number of furan rings is 1. The molecule has 0 bridgehead atoms. The summed E-state index contributed by atoms with van der Waals surface area (Å²) in [4.78, 5) is 31.1. The fraction of sp³-hybridized carbons (Fsp3) is 0.440. The minimum Gasteiger partial charge on any atom is -0.459 e. The predicted octanol–water partition coefficient (Wildman–Crippen LogP) is 3.01. The lowest BCUT2D eigenvalue weighted by molar-refractivity contribution is -0.129. The summed E-state index contributed by atoms with van der Waals surface area (Å²) in [5.41, 5.74) is 1.16. The number of nitrogens with zero attached hydrogens (tertiary/aromatic N) is 6. The third-order valence-electron chi connectivity index (χ3n) is 6.21. The molecule has 10 heteroatoms. The van der Waals surface area contributed by atoms with Crippen molar-refractivity contribution in [2.45, 2.75) is 31.1 Å². The first-order chi connectivity index (χ1) is 17.0. The van der Waals surface area contributed by atoms with Crippen LogP contribution in [-0.2, 0) is 11.3 Å². The van der Waals surface area contributed by atoms with Gasteiger partial charge in [-0.05, 0) is 38.2 Å². The number of hydrogen-bond donors (Lipinski definition) is 0. The van der Waals surface area contributed by atoms with Gasteiger partial charge in [-0.3, -0.25) is 14.5 Å². The number of piperazine rings is 1. The lowest BCUT2D eigenvalue weighted by atomic mass is 10.2. The monoisotopic (exact) mass is 496 g/mol. The van der Waals surface area contributed by atoms with Gasteiger partial charge in [0.05, 0.1) is 24.6 Å². The topological polar surface area (TPSA) is 87.7 Å². The molecule has 186 valence electrons. The van der Waals surface area contributed by atoms with Gasteiger partial charge in [0.15, 0.2) is 16.7 Å². The molecule has 35 heavy (non-hydrogen) atoms. The van der Waals surface area contributed by atoms with Gasteiger partial charge in [-0.2, -0.15) is 0 Å². The molecule has 3 aromatic rings. The Morgan fingerprint density at radius 2 is 1.74 bits per heavy atom. The van der Waals surface area contributed by atoms with E-state index in [1.807, 2.05) is 37.2 Å². The number of thioether (sulfide) groups is 1. The van der Waals surface area contributed by atoms with Gasteiger partial charge in [0.25, 0.3) is 5.91 Å². The molecular weight excluding hydrogens is 464 g/mol. The predicted molar refractivity (Wildman–Crippen MR) is 134 cm³/mol. The van der Waals surface area contributed by atoms with Crippen molar-refractivity contribution in [2.24, 2.45) is 0 Å². The first-order valence-corrected chi connectivity index (χ1v) is 12.8. The van der Waals surface area contributed by atoms with Crippen LogP contribution < -0.4 is 0 Å². The quantitative estimate of drug-likeness (QED) is 0.421. The van der Waals surface area contributed by atoms with Crippen LogP contribution in [-0.4, -0.2) is 87.3 Å². The van der Waals surface area contributed by atoms with E-state index in [2.05, 4.69) is 38.7 Å². The number of rotatable bonds is 9. The van der Waals surface area contributed by atoms with E-state index in [0.717, 1.165) is 23.0 Å². The molecule has 1 atom stereocenters. The summed E-state index contributed by atoms with van der Waals surface area (Å²) in [5, 5.41) is 9.72. The summed E-state index contributed by atoms with van der Waals surface area (Å²) in [6, 6.07) is 13.7. The summed E-state index contributed by atoms with van der Waals surface area (Å²) >= 11 is 1.42. The van der Waals surface area contributed by atoms with Crippen molar-refractivity contribution in [1.82, 2.24) is 29.5 Å². The highest BCUT2D eigenvalue weighted by atomic mass is 32.2. The Bertz CT molecular complexity index is 1110. The van der Waals surface area contributed by atoms with Gasteiger partial charge in [0.1, 0.15) is 0 Å². The summed E-state index contributed by atoms with van der Waals surface area (Å²) in [7, 11) is 4.09. The second-order valence-electron chi connectivity index (χ2n) is 8.74. The van der Waals surface area contributed by atoms with Crippen LogP contribution in [0.1, 0.15) is 41.3 Å². The van der Waals surface area contributed by atoms with Gasteiger partial charge < -0.3 is 18.8 Å². The van der Waals surface area contributed by atoms with Crippen molar-refractivity contribution in [3.63, 3.8) is 0 Å². The molecule has 9 nitrogen and oxygen atoms in total. The number of carbonyl (C=O) groups excluding carboxylic acids is 2. The number of carbonyl (C=O) groups is 2. The second kappa shape index (κ2) is 11.5. The van der Waals surface area contributed by atoms with Crippen LogP contribution in [0.4, 0.5) is 0 Å². The first-order valence-electron chi connectivity index (χ1n) is 11.8. The molecule has 3 heterocycles. The zero-order chi connectivity index (χ0) is 24.8. The molecule has 0 spiro atoms. The SMILES string of the molecule is CCC(c1nnc(SCC(=O)N2CCN(C(=O)c3ccco3)CC2)n1Cc1ccccc1)N(C)C. The van der Waals surface area contributed by atoms with Crippen molar-refractivity contribution < 1.29 is 14.0 Å². The van der Waals surface area contributed by atoms with E-state index in [4.69, 9.17) is 4.42 Å². The Kier molecular flexibility index (Phi) is 8.25. The largest absolute Gasteiger partial charge is 0.459 e. The van der Waals surface area contributed by atoms with E-state index in [-0.39, 0.29) is 23.6 Å². The Balaban J connectivity index is 1.40. The van der Waals surface area contributed by atoms with Crippen molar-refractivity contribution in [3.8, 4) is 0 Å². The highest BCUT2D eigenvalue weighted by molar-refractivity contribution is 7.99. The molecule has 2 amide bonds. The van der Waals surface area contributed by atoms with E-state index in [1.54, 1.807) is 17.0 Å². The average Bonchev–Trinajstić information content (AvgIpc) is 3.54. The smallest absolute Gasteiger partial charge is 0.289 e. The fourth-order valence-electron chi connectivity index (χ4n) is 4.28. The van der Waals surface area contributed by atoms with Crippen LogP contribution >= 0.6 is 11.8 Å². The second-order valence-corrected chi connectivity index (χ2v) is 9.68. The van der Waals surface area contributed by atoms with E-state index in [9.17, 15) is 9.59 Å². The molecule has 1 fully saturated rings. The Hall–Kier alpha value is -3.11. The third kappa shape index (κ3) is 5.94. The highest BCUT2D eigenvalue weighted by Crippen LogP contribution is 2.26. The summed E-state index contributed by atoms with van der Waals surface area (Å²) in [6.45, 7) is 4.78. The van der Waals surface area contributed by atoms with Gasteiger partial charge in [-0.1, -0.05) is 49.0 Å². The van der Waals surface area contributed by atoms with Crippen LogP contribution in [0.15, 0.2) is 58.3 Å². The molecule has 4 rings (SSSR count). The van der Waals surface area contributed by atoms with Crippen LogP contribution in [0.2, 0.25) is 0 Å². The average molecular weight is 497 g/mol. The highest BCUT2D eigenvalue weighted by Gasteiger charge is 2.27. The number of hydrogen-bond acceptors (Lipinski definition) is 7. The molecule has 0 N–H and O–H groups in total. The Morgan fingerprint density at radius 3 is 2.37 bits per heavy atom. The number of benzene rings is 1. The zero-order valence-electron chi connectivity index (χ0n) is 20.5. The van der Waals surface area contributed by atoms with Crippen molar-refractivity contribution in [3.05, 3.63) is 65.9 Å². The van der Waals surface area contributed by atoms with Crippen LogP contribution in [0.5, 0.6) is 0 Å². The summed E-state index contributed by atoms with van der Waals surface area (Å²) < 4.78 is 7.34. The molecule has 0 saturated carbocycles. The Morgan fingerprint density at radius 1 is 1.03 bits per heavy atom. The van der Waals surface area contributed by atoms with Gasteiger partial charge in [-0.25, -0.2) is 0 Å². The van der Waals surface area contributed by atoms with Crippen LogP contribution in [0.3, 0.4) is 0 Å². The van der Waals surface area contributed by atoms with E-state index in [0.29, 0.717) is 38.5 Å². The normalized spacial score (nSPS) is 15.0. The van der Waals surface area contributed by atoms with E-state index >= 15 is 0 Å². The lowest BCUT2D eigenvalue weighted by Crippen LogP contribution is -2.51. The fourth-order valence-corrected chi connectivity index (χ4v) is 5.13. The molecule has 1 saturated heterocycles. The van der Waals surface area contributed by atoms with Crippen LogP contribution in [0.25, 0.3) is 0 Å².